The minimum atomic E-state index is -0.653. The molecule has 1 heterocycles. The average Bonchev–Trinajstić information content (AvgIpc) is 2.71. The van der Waals surface area contributed by atoms with Crippen molar-refractivity contribution in [3.63, 3.8) is 0 Å². The molecule has 0 saturated carbocycles. The van der Waals surface area contributed by atoms with Crippen molar-refractivity contribution in [2.24, 2.45) is 0 Å². The van der Waals surface area contributed by atoms with Crippen molar-refractivity contribution in [2.45, 2.75) is 6.54 Å². The summed E-state index contributed by atoms with van der Waals surface area (Å²) in [5, 5.41) is 3.28. The number of amides is 1. The summed E-state index contributed by atoms with van der Waals surface area (Å²) in [6.45, 7) is 0.373. The molecule has 0 spiro atoms. The normalized spacial score (nSPS) is 10.9. The zero-order valence-electron chi connectivity index (χ0n) is 16.0. The topological polar surface area (TPSA) is 91.6 Å². The maximum Gasteiger partial charge on any atom is 0.336 e. The molecule has 3 aromatic rings. The highest BCUT2D eigenvalue weighted by molar-refractivity contribution is 6.31. The first-order valence-electron chi connectivity index (χ1n) is 8.81. The van der Waals surface area contributed by atoms with Gasteiger partial charge in [0.1, 0.15) is 12.3 Å². The fourth-order valence-electron chi connectivity index (χ4n) is 2.96. The Labute approximate surface area is 171 Å². The molecule has 3 rings (SSSR count). The van der Waals surface area contributed by atoms with E-state index in [1.807, 2.05) is 0 Å². The van der Waals surface area contributed by atoms with Crippen molar-refractivity contribution >= 4 is 28.4 Å². The second-order valence-electron chi connectivity index (χ2n) is 6.21. The van der Waals surface area contributed by atoms with E-state index in [-0.39, 0.29) is 23.4 Å². The van der Waals surface area contributed by atoms with Gasteiger partial charge in [0.2, 0.25) is 5.91 Å². The molecule has 0 unspecified atom stereocenters. The van der Waals surface area contributed by atoms with E-state index in [0.717, 1.165) is 4.57 Å². The molecule has 0 bridgehead atoms. The molecule has 8 nitrogen and oxygen atoms in total. The fraction of sp³-hybridized carbons (Fsp3) is 0.250. The fourth-order valence-corrected chi connectivity index (χ4v) is 3.13. The van der Waals surface area contributed by atoms with Crippen LogP contribution in [0, 0.1) is 0 Å². The predicted octanol–water partition coefficient (Wildman–Crippen LogP) is 1.58. The van der Waals surface area contributed by atoms with Gasteiger partial charge in [-0.25, -0.2) is 9.36 Å². The number of methoxy groups -OCH3 is 2. The van der Waals surface area contributed by atoms with E-state index in [2.05, 4.69) is 5.32 Å². The van der Waals surface area contributed by atoms with Crippen LogP contribution in [0.5, 0.6) is 5.75 Å². The van der Waals surface area contributed by atoms with E-state index in [4.69, 9.17) is 21.1 Å². The van der Waals surface area contributed by atoms with Gasteiger partial charge in [-0.05, 0) is 30.3 Å². The van der Waals surface area contributed by atoms with E-state index >= 15 is 0 Å². The Bertz CT molecular complexity index is 1170. The van der Waals surface area contributed by atoms with Gasteiger partial charge >= 0.3 is 5.69 Å². The van der Waals surface area contributed by atoms with Gasteiger partial charge in [-0.15, -0.1) is 0 Å². The SMILES string of the molecule is COCCNC(=O)Cn1c(=O)n(-c2cccc(OC)c2)c(=O)c2ccc(Cl)cc21. The third-order valence-electron chi connectivity index (χ3n) is 4.35. The van der Waals surface area contributed by atoms with E-state index in [1.54, 1.807) is 30.3 Å². The van der Waals surface area contributed by atoms with Crippen LogP contribution in [0.25, 0.3) is 16.6 Å². The number of hydrogen-bond acceptors (Lipinski definition) is 5. The number of fused-ring (bicyclic) bond motifs is 1. The molecule has 0 radical (unpaired) electrons. The first-order chi connectivity index (χ1) is 14.0. The quantitative estimate of drug-likeness (QED) is 0.589. The van der Waals surface area contributed by atoms with Gasteiger partial charge in [0.15, 0.2) is 0 Å². The largest absolute Gasteiger partial charge is 0.497 e. The smallest absolute Gasteiger partial charge is 0.336 e. The van der Waals surface area contributed by atoms with Crippen LogP contribution in [0.1, 0.15) is 0 Å². The standard InChI is InChI=1S/C20H20ClN3O5/c1-28-9-8-22-18(25)12-23-17-10-13(21)6-7-16(17)19(26)24(20(23)27)14-4-3-5-15(11-14)29-2/h3-7,10-11H,8-9,12H2,1-2H3,(H,22,25). The Kier molecular flexibility index (Phi) is 6.36. The van der Waals surface area contributed by atoms with Gasteiger partial charge in [-0.1, -0.05) is 17.7 Å². The summed E-state index contributed by atoms with van der Waals surface area (Å²) < 4.78 is 12.3. The van der Waals surface area contributed by atoms with E-state index in [9.17, 15) is 14.4 Å². The number of halogens is 1. The number of ether oxygens (including phenoxy) is 2. The lowest BCUT2D eigenvalue weighted by molar-refractivity contribution is -0.121. The van der Waals surface area contributed by atoms with Crippen molar-refractivity contribution in [3.05, 3.63) is 68.3 Å². The summed E-state index contributed by atoms with van der Waals surface area (Å²) in [5.41, 5.74) is -0.538. The maximum atomic E-state index is 13.2. The minimum Gasteiger partial charge on any atom is -0.497 e. The van der Waals surface area contributed by atoms with Crippen LogP contribution >= 0.6 is 11.6 Å². The highest BCUT2D eigenvalue weighted by Crippen LogP contribution is 2.18. The molecule has 152 valence electrons. The van der Waals surface area contributed by atoms with Gasteiger partial charge in [-0.2, -0.15) is 0 Å². The van der Waals surface area contributed by atoms with Crippen LogP contribution < -0.4 is 21.3 Å². The Morgan fingerprint density at radius 2 is 1.93 bits per heavy atom. The lowest BCUT2D eigenvalue weighted by atomic mass is 10.2. The number of rotatable bonds is 7. The average molecular weight is 418 g/mol. The molecule has 0 aliphatic rings. The Hall–Kier alpha value is -3.10. The minimum absolute atomic E-state index is 0.265. The molecule has 0 atom stereocenters. The van der Waals surface area contributed by atoms with Crippen LogP contribution in [0.3, 0.4) is 0 Å². The summed E-state index contributed by atoms with van der Waals surface area (Å²) >= 11 is 6.07. The number of hydrogen-bond donors (Lipinski definition) is 1. The lowest BCUT2D eigenvalue weighted by Gasteiger charge is -2.15. The molecule has 1 aromatic heterocycles. The van der Waals surface area contributed by atoms with Crippen molar-refractivity contribution in [3.8, 4) is 11.4 Å². The molecular weight excluding hydrogens is 398 g/mol. The number of aromatic nitrogens is 2. The highest BCUT2D eigenvalue weighted by Gasteiger charge is 2.17. The van der Waals surface area contributed by atoms with Gasteiger partial charge < -0.3 is 14.8 Å². The maximum absolute atomic E-state index is 13.2. The van der Waals surface area contributed by atoms with Crippen LogP contribution in [0.2, 0.25) is 5.02 Å². The van der Waals surface area contributed by atoms with Gasteiger partial charge in [0, 0.05) is 24.7 Å². The third-order valence-corrected chi connectivity index (χ3v) is 4.58. The molecule has 0 aliphatic heterocycles. The van der Waals surface area contributed by atoms with Gasteiger partial charge in [0.25, 0.3) is 5.56 Å². The first kappa shape index (κ1) is 20.6. The van der Waals surface area contributed by atoms with Gasteiger partial charge in [0.05, 0.1) is 30.3 Å². The number of carbonyl (C=O) groups excluding carboxylic acids is 1. The number of nitrogens with one attached hydrogen (secondary N) is 1. The molecule has 0 aliphatic carbocycles. The van der Waals surface area contributed by atoms with Crippen molar-refractivity contribution in [1.29, 1.82) is 0 Å². The summed E-state index contributed by atoms with van der Waals surface area (Å²) in [6.07, 6.45) is 0. The van der Waals surface area contributed by atoms with Crippen molar-refractivity contribution in [2.75, 3.05) is 27.4 Å². The molecule has 0 fully saturated rings. The molecule has 1 amide bonds. The molecule has 1 N–H and O–H groups in total. The lowest BCUT2D eigenvalue weighted by Crippen LogP contribution is -2.42. The summed E-state index contributed by atoms with van der Waals surface area (Å²) in [7, 11) is 3.02. The number of nitrogens with zero attached hydrogens (tertiary/aromatic N) is 2. The van der Waals surface area contributed by atoms with E-state index in [0.29, 0.717) is 29.6 Å². The molecule has 9 heteroatoms. The summed E-state index contributed by atoms with van der Waals surface area (Å²) in [4.78, 5) is 38.6. The van der Waals surface area contributed by atoms with Crippen LogP contribution in [0.4, 0.5) is 0 Å². The predicted molar refractivity (Wildman–Crippen MR) is 110 cm³/mol. The van der Waals surface area contributed by atoms with Gasteiger partial charge in [-0.3, -0.25) is 14.2 Å². The summed E-state index contributed by atoms with van der Waals surface area (Å²) in [6, 6.07) is 11.2. The van der Waals surface area contributed by atoms with Crippen LogP contribution in [0.15, 0.2) is 52.1 Å². The first-order valence-corrected chi connectivity index (χ1v) is 9.19. The highest BCUT2D eigenvalue weighted by atomic mass is 35.5. The summed E-state index contributed by atoms with van der Waals surface area (Å²) in [5.74, 6) is 0.107. The van der Waals surface area contributed by atoms with E-state index < -0.39 is 11.2 Å². The number of benzene rings is 2. The molecule has 2 aromatic carbocycles. The zero-order valence-corrected chi connectivity index (χ0v) is 16.7. The monoisotopic (exact) mass is 417 g/mol. The van der Waals surface area contributed by atoms with Crippen LogP contribution in [-0.4, -0.2) is 42.4 Å². The molecule has 29 heavy (non-hydrogen) atoms. The van der Waals surface area contributed by atoms with Crippen LogP contribution in [-0.2, 0) is 16.1 Å². The Morgan fingerprint density at radius 1 is 1.14 bits per heavy atom. The Balaban J connectivity index is 2.20. The zero-order chi connectivity index (χ0) is 21.0. The second-order valence-corrected chi connectivity index (χ2v) is 6.65. The number of carbonyl (C=O) groups is 1. The van der Waals surface area contributed by atoms with Crippen molar-refractivity contribution in [1.82, 2.24) is 14.5 Å². The molecular formula is C20H20ClN3O5. The Morgan fingerprint density at radius 3 is 2.66 bits per heavy atom. The van der Waals surface area contributed by atoms with E-state index in [1.165, 1.54) is 30.9 Å². The van der Waals surface area contributed by atoms with Crippen molar-refractivity contribution < 1.29 is 14.3 Å². The second kappa shape index (κ2) is 8.93. The molecule has 0 saturated heterocycles. The third kappa shape index (κ3) is 4.33.